The van der Waals surface area contributed by atoms with E-state index in [-0.39, 0.29) is 0 Å². The molecule has 0 aliphatic carbocycles. The zero-order chi connectivity index (χ0) is 16.2. The van der Waals surface area contributed by atoms with Crippen LogP contribution in [0.5, 0.6) is 0 Å². The molecule has 0 unspecified atom stereocenters. The normalized spacial score (nSPS) is 10.5. The second-order valence-electron chi connectivity index (χ2n) is 5.13. The minimum Gasteiger partial charge on any atom is -0.359 e. The van der Waals surface area contributed by atoms with Gasteiger partial charge in [0.25, 0.3) is 0 Å². The summed E-state index contributed by atoms with van der Waals surface area (Å²) in [6, 6.07) is 17.1. The fourth-order valence-corrected chi connectivity index (χ4v) is 2.71. The van der Waals surface area contributed by atoms with E-state index >= 15 is 0 Å². The number of halogens is 1. The molecule has 0 aliphatic heterocycles. The summed E-state index contributed by atoms with van der Waals surface area (Å²) in [5.74, 6) is 0.572. The smallest absolute Gasteiger partial charge is 0.214 e. The van der Waals surface area contributed by atoms with Gasteiger partial charge < -0.3 is 9.42 Å². The summed E-state index contributed by atoms with van der Waals surface area (Å²) in [5, 5.41) is 4.66. The van der Waals surface area contributed by atoms with Crippen molar-refractivity contribution in [2.24, 2.45) is 0 Å². The number of anilines is 1. The van der Waals surface area contributed by atoms with Crippen molar-refractivity contribution in [2.45, 2.75) is 13.5 Å². The highest BCUT2D eigenvalue weighted by atomic mass is 35.5. The lowest BCUT2D eigenvalue weighted by atomic mass is 10.1. The number of hydrogen-bond donors (Lipinski definition) is 0. The first-order valence-corrected chi connectivity index (χ1v) is 7.55. The van der Waals surface area contributed by atoms with E-state index in [4.69, 9.17) is 16.1 Å². The van der Waals surface area contributed by atoms with E-state index in [9.17, 15) is 4.79 Å². The summed E-state index contributed by atoms with van der Waals surface area (Å²) in [5.41, 5.74) is 2.96. The number of nitrogens with zero attached hydrogens (tertiary/aromatic N) is 2. The molecule has 0 bridgehead atoms. The second-order valence-corrected chi connectivity index (χ2v) is 5.54. The molecular weight excluding hydrogens is 312 g/mol. The van der Waals surface area contributed by atoms with Crippen molar-refractivity contribution in [3.8, 4) is 11.3 Å². The Kier molecular flexibility index (Phi) is 4.44. The highest BCUT2D eigenvalue weighted by Crippen LogP contribution is 2.36. The number of rotatable bonds is 5. The maximum absolute atomic E-state index is 11.7. The average Bonchev–Trinajstić information content (AvgIpc) is 2.95. The number of aromatic nitrogens is 1. The molecule has 5 heteroatoms. The van der Waals surface area contributed by atoms with E-state index in [0.717, 1.165) is 17.5 Å². The monoisotopic (exact) mass is 326 g/mol. The lowest BCUT2D eigenvalue weighted by Gasteiger charge is -2.18. The van der Waals surface area contributed by atoms with Crippen LogP contribution in [0.3, 0.4) is 0 Å². The number of benzene rings is 2. The fraction of sp³-hybridized carbons (Fsp3) is 0.111. The van der Waals surface area contributed by atoms with E-state index in [1.165, 1.54) is 0 Å². The highest BCUT2D eigenvalue weighted by molar-refractivity contribution is 6.33. The van der Waals surface area contributed by atoms with E-state index in [0.29, 0.717) is 28.7 Å². The lowest BCUT2D eigenvalue weighted by molar-refractivity contribution is -0.107. The Bertz CT molecular complexity index is 815. The Morgan fingerprint density at radius 1 is 1.13 bits per heavy atom. The van der Waals surface area contributed by atoms with Gasteiger partial charge in [0.1, 0.15) is 11.4 Å². The van der Waals surface area contributed by atoms with Crippen molar-refractivity contribution in [1.29, 1.82) is 0 Å². The molecule has 1 heterocycles. The van der Waals surface area contributed by atoms with Crippen molar-refractivity contribution in [3.63, 3.8) is 0 Å². The molecule has 23 heavy (non-hydrogen) atoms. The number of amides is 1. The first-order chi connectivity index (χ1) is 11.2. The van der Waals surface area contributed by atoms with Crippen LogP contribution in [0.4, 0.5) is 5.69 Å². The second kappa shape index (κ2) is 6.67. The largest absolute Gasteiger partial charge is 0.359 e. The topological polar surface area (TPSA) is 46.3 Å². The molecule has 0 saturated heterocycles. The summed E-state index contributed by atoms with van der Waals surface area (Å²) in [7, 11) is 0. The van der Waals surface area contributed by atoms with Crippen molar-refractivity contribution < 1.29 is 9.32 Å². The first-order valence-electron chi connectivity index (χ1n) is 7.17. The maximum atomic E-state index is 11.7. The molecule has 0 N–H and O–H groups in total. The molecule has 0 fully saturated rings. The number of carbonyl (C=O) groups excluding carboxylic acids is 1. The van der Waals surface area contributed by atoms with Gasteiger partial charge in [-0.15, -0.1) is 0 Å². The Morgan fingerprint density at radius 2 is 1.83 bits per heavy atom. The maximum Gasteiger partial charge on any atom is 0.214 e. The zero-order valence-electron chi connectivity index (χ0n) is 12.6. The standard InChI is InChI=1S/C18H15ClN2O2/c1-13-18(21(12-22)11-14-7-3-2-4-8-14)17(20-23-13)15-9-5-6-10-16(15)19/h2-10,12H,11H2,1H3. The summed E-state index contributed by atoms with van der Waals surface area (Å²) in [6.45, 7) is 2.22. The van der Waals surface area contributed by atoms with Crippen molar-refractivity contribution >= 4 is 23.7 Å². The molecule has 4 nitrogen and oxygen atoms in total. The van der Waals surface area contributed by atoms with Gasteiger partial charge in [0.2, 0.25) is 6.41 Å². The summed E-state index contributed by atoms with van der Waals surface area (Å²) >= 11 is 6.26. The third-order valence-electron chi connectivity index (χ3n) is 3.57. The third-order valence-corrected chi connectivity index (χ3v) is 3.90. The Balaban J connectivity index is 2.03. The van der Waals surface area contributed by atoms with Gasteiger partial charge in [0.15, 0.2) is 5.76 Å². The summed E-state index contributed by atoms with van der Waals surface area (Å²) in [6.07, 6.45) is 0.785. The quantitative estimate of drug-likeness (QED) is 0.650. The van der Waals surface area contributed by atoms with Crippen molar-refractivity contribution in [2.75, 3.05) is 4.90 Å². The van der Waals surface area contributed by atoms with E-state index in [1.807, 2.05) is 48.5 Å². The Labute approximate surface area is 139 Å². The molecule has 116 valence electrons. The van der Waals surface area contributed by atoms with Gasteiger partial charge >= 0.3 is 0 Å². The molecule has 0 spiro atoms. The summed E-state index contributed by atoms with van der Waals surface area (Å²) < 4.78 is 5.32. The molecule has 0 radical (unpaired) electrons. The van der Waals surface area contributed by atoms with Crippen LogP contribution < -0.4 is 4.90 Å². The summed E-state index contributed by atoms with van der Waals surface area (Å²) in [4.78, 5) is 13.2. The van der Waals surface area contributed by atoms with Gasteiger partial charge in [-0.05, 0) is 18.6 Å². The minimum atomic E-state index is 0.434. The van der Waals surface area contributed by atoms with E-state index in [2.05, 4.69) is 5.16 Å². The van der Waals surface area contributed by atoms with Gasteiger partial charge in [-0.2, -0.15) is 0 Å². The zero-order valence-corrected chi connectivity index (χ0v) is 13.3. The van der Waals surface area contributed by atoms with Gasteiger partial charge in [-0.1, -0.05) is 65.3 Å². The molecule has 1 amide bonds. The van der Waals surface area contributed by atoms with Gasteiger partial charge in [0.05, 0.1) is 11.6 Å². The average molecular weight is 327 g/mol. The predicted octanol–water partition coefficient (Wildman–Crippen LogP) is 4.47. The molecule has 0 saturated carbocycles. The molecule has 0 aliphatic rings. The highest BCUT2D eigenvalue weighted by Gasteiger charge is 2.22. The molecule has 3 rings (SSSR count). The third kappa shape index (κ3) is 3.12. The number of aryl methyl sites for hydroxylation is 1. The Morgan fingerprint density at radius 3 is 2.52 bits per heavy atom. The Hall–Kier alpha value is -2.59. The lowest BCUT2D eigenvalue weighted by Crippen LogP contribution is -2.21. The fourth-order valence-electron chi connectivity index (χ4n) is 2.48. The predicted molar refractivity (Wildman–Crippen MR) is 90.4 cm³/mol. The van der Waals surface area contributed by atoms with Gasteiger partial charge in [-0.25, -0.2) is 0 Å². The van der Waals surface area contributed by atoms with Gasteiger partial charge in [0, 0.05) is 5.56 Å². The molecule has 0 atom stereocenters. The first kappa shape index (κ1) is 15.3. The van der Waals surface area contributed by atoms with Crippen LogP contribution in [-0.4, -0.2) is 11.6 Å². The van der Waals surface area contributed by atoms with E-state index < -0.39 is 0 Å². The van der Waals surface area contributed by atoms with Crippen LogP contribution in [0, 0.1) is 6.92 Å². The van der Waals surface area contributed by atoms with Crippen LogP contribution >= 0.6 is 11.6 Å². The van der Waals surface area contributed by atoms with Crippen LogP contribution in [0.2, 0.25) is 5.02 Å². The number of hydrogen-bond acceptors (Lipinski definition) is 3. The van der Waals surface area contributed by atoms with E-state index in [1.54, 1.807) is 17.9 Å². The molecule has 1 aromatic heterocycles. The van der Waals surface area contributed by atoms with Crippen molar-refractivity contribution in [1.82, 2.24) is 5.16 Å². The van der Waals surface area contributed by atoms with Crippen LogP contribution in [0.25, 0.3) is 11.3 Å². The molecule has 3 aromatic rings. The van der Waals surface area contributed by atoms with Crippen LogP contribution in [0.1, 0.15) is 11.3 Å². The van der Waals surface area contributed by atoms with Gasteiger partial charge in [-0.3, -0.25) is 4.79 Å². The number of carbonyl (C=O) groups is 1. The SMILES string of the molecule is Cc1onc(-c2ccccc2Cl)c1N(C=O)Cc1ccccc1. The van der Waals surface area contributed by atoms with Crippen LogP contribution in [0.15, 0.2) is 59.1 Å². The van der Waals surface area contributed by atoms with Crippen LogP contribution in [-0.2, 0) is 11.3 Å². The minimum absolute atomic E-state index is 0.434. The molecular formula is C18H15ClN2O2. The molecule has 2 aromatic carbocycles. The van der Waals surface area contributed by atoms with Crippen molar-refractivity contribution in [3.05, 3.63) is 70.9 Å².